The summed E-state index contributed by atoms with van der Waals surface area (Å²) in [4.78, 5) is 25.9. The fourth-order valence-electron chi connectivity index (χ4n) is 4.79. The van der Waals surface area contributed by atoms with Gasteiger partial charge in [0.05, 0.1) is 51.9 Å². The quantitative estimate of drug-likeness (QED) is 0.594. The number of rotatable bonds is 3. The van der Waals surface area contributed by atoms with Crippen LogP contribution in [0.5, 0.6) is 0 Å². The predicted molar refractivity (Wildman–Crippen MR) is 122 cm³/mol. The van der Waals surface area contributed by atoms with Crippen molar-refractivity contribution in [2.75, 3.05) is 42.6 Å². The Labute approximate surface area is 187 Å². The molecule has 1 aromatic carbocycles. The van der Waals surface area contributed by atoms with E-state index in [9.17, 15) is 13.2 Å². The first kappa shape index (κ1) is 20.9. The Balaban J connectivity index is 1.30. The van der Waals surface area contributed by atoms with Crippen LogP contribution in [0.25, 0.3) is 11.0 Å². The van der Waals surface area contributed by atoms with Gasteiger partial charge in [-0.2, -0.15) is 5.10 Å². The number of anilines is 1. The van der Waals surface area contributed by atoms with Crippen molar-refractivity contribution >= 4 is 32.5 Å². The highest BCUT2D eigenvalue weighted by Gasteiger charge is 2.33. The van der Waals surface area contributed by atoms with E-state index in [2.05, 4.69) is 20.0 Å². The molecule has 0 bridgehead atoms. The van der Waals surface area contributed by atoms with E-state index in [0.29, 0.717) is 43.8 Å². The smallest absolute Gasteiger partial charge is 0.274 e. The van der Waals surface area contributed by atoms with Gasteiger partial charge in [-0.15, -0.1) is 0 Å². The van der Waals surface area contributed by atoms with Gasteiger partial charge in [0, 0.05) is 26.2 Å². The van der Waals surface area contributed by atoms with E-state index >= 15 is 0 Å². The van der Waals surface area contributed by atoms with Gasteiger partial charge in [0.1, 0.15) is 5.69 Å². The summed E-state index contributed by atoms with van der Waals surface area (Å²) in [6.45, 7) is 6.49. The van der Waals surface area contributed by atoms with Crippen LogP contribution in [0.2, 0.25) is 0 Å². The zero-order valence-corrected chi connectivity index (χ0v) is 19.0. The van der Waals surface area contributed by atoms with Crippen molar-refractivity contribution in [3.05, 3.63) is 47.5 Å². The van der Waals surface area contributed by atoms with Crippen molar-refractivity contribution in [3.8, 4) is 0 Å². The molecule has 9 nitrogen and oxygen atoms in total. The number of para-hydroxylation sites is 2. The highest BCUT2D eigenvalue weighted by atomic mass is 32.2. The molecule has 1 atom stereocenters. The van der Waals surface area contributed by atoms with Crippen LogP contribution < -0.4 is 4.90 Å². The summed E-state index contributed by atoms with van der Waals surface area (Å²) >= 11 is 0. The van der Waals surface area contributed by atoms with E-state index in [4.69, 9.17) is 0 Å². The van der Waals surface area contributed by atoms with E-state index in [-0.39, 0.29) is 23.5 Å². The van der Waals surface area contributed by atoms with Gasteiger partial charge in [0.15, 0.2) is 9.84 Å². The third-order valence-corrected chi connectivity index (χ3v) is 8.14. The van der Waals surface area contributed by atoms with Gasteiger partial charge < -0.3 is 9.80 Å². The zero-order chi connectivity index (χ0) is 22.5. The lowest BCUT2D eigenvalue weighted by atomic mass is 10.2. The van der Waals surface area contributed by atoms with Gasteiger partial charge in [-0.05, 0) is 32.4 Å². The average molecular weight is 455 g/mol. The number of hydrogen-bond donors (Lipinski definition) is 0. The van der Waals surface area contributed by atoms with Crippen LogP contribution in [0.4, 0.5) is 5.69 Å². The Hall–Kier alpha value is -3.01. The van der Waals surface area contributed by atoms with E-state index in [1.165, 1.54) is 0 Å². The third-order valence-electron chi connectivity index (χ3n) is 6.39. The van der Waals surface area contributed by atoms with Crippen molar-refractivity contribution in [1.29, 1.82) is 0 Å². The van der Waals surface area contributed by atoms with Crippen LogP contribution in [0.1, 0.15) is 34.3 Å². The molecule has 168 valence electrons. The number of carbonyl (C=O) groups excluding carboxylic acids is 1. The monoisotopic (exact) mass is 454 g/mol. The Morgan fingerprint density at radius 1 is 1.06 bits per heavy atom. The molecule has 2 saturated heterocycles. The predicted octanol–water partition coefficient (Wildman–Crippen LogP) is 1.77. The standard InChI is InChI=1S/C22H26N6O3S/c1-15-21(16(2)28(25-15)17-7-12-32(30,31)14-17)26-8-10-27(11-9-26)22(29)20-13-23-18-5-3-4-6-19(18)24-20/h3-6,13,17H,7-12,14H2,1-2H3. The fourth-order valence-corrected chi connectivity index (χ4v) is 6.48. The summed E-state index contributed by atoms with van der Waals surface area (Å²) in [6.07, 6.45) is 2.16. The van der Waals surface area contributed by atoms with Gasteiger partial charge in [0.2, 0.25) is 0 Å². The SMILES string of the molecule is Cc1nn(C2CCS(=O)(=O)C2)c(C)c1N1CCN(C(=O)c2cnc3ccccc3n2)CC1. The van der Waals surface area contributed by atoms with E-state index in [0.717, 1.165) is 22.6 Å². The third kappa shape index (κ3) is 3.72. The number of benzene rings is 1. The van der Waals surface area contributed by atoms with E-state index < -0.39 is 9.84 Å². The molecular formula is C22H26N6O3S. The van der Waals surface area contributed by atoms with Gasteiger partial charge in [-0.1, -0.05) is 12.1 Å². The molecule has 2 fully saturated rings. The summed E-state index contributed by atoms with van der Waals surface area (Å²) in [5.74, 6) is 0.274. The second-order valence-corrected chi connectivity index (χ2v) is 10.8. The highest BCUT2D eigenvalue weighted by molar-refractivity contribution is 7.91. The largest absolute Gasteiger partial charge is 0.365 e. The van der Waals surface area contributed by atoms with Crippen LogP contribution in [-0.2, 0) is 9.84 Å². The van der Waals surface area contributed by atoms with Crippen molar-refractivity contribution < 1.29 is 13.2 Å². The molecular weight excluding hydrogens is 428 g/mol. The van der Waals surface area contributed by atoms with E-state index in [1.807, 2.05) is 47.7 Å². The normalized spacial score (nSPS) is 20.8. The molecule has 0 N–H and O–H groups in total. The van der Waals surface area contributed by atoms with Gasteiger partial charge in [0.25, 0.3) is 5.91 Å². The van der Waals surface area contributed by atoms with Gasteiger partial charge in [-0.3, -0.25) is 14.5 Å². The summed E-state index contributed by atoms with van der Waals surface area (Å²) in [6, 6.07) is 7.42. The molecule has 32 heavy (non-hydrogen) atoms. The molecule has 3 aromatic rings. The Kier molecular flexibility index (Phi) is 5.11. The number of nitrogens with zero attached hydrogens (tertiary/aromatic N) is 6. The molecule has 0 aliphatic carbocycles. The number of sulfone groups is 1. The molecule has 1 amide bonds. The van der Waals surface area contributed by atoms with Gasteiger partial charge >= 0.3 is 0 Å². The number of piperazine rings is 1. The second-order valence-electron chi connectivity index (χ2n) is 8.54. The maximum atomic E-state index is 13.0. The molecule has 2 aromatic heterocycles. The Morgan fingerprint density at radius 2 is 1.78 bits per heavy atom. The fraction of sp³-hybridized carbons (Fsp3) is 0.455. The lowest BCUT2D eigenvalue weighted by Gasteiger charge is -2.36. The van der Waals surface area contributed by atoms with Crippen LogP contribution in [0.15, 0.2) is 30.5 Å². The summed E-state index contributed by atoms with van der Waals surface area (Å²) in [5.41, 5.74) is 4.78. The number of hydrogen-bond acceptors (Lipinski definition) is 7. The average Bonchev–Trinajstić information content (AvgIpc) is 3.30. The number of aryl methyl sites for hydroxylation is 1. The lowest BCUT2D eigenvalue weighted by molar-refractivity contribution is 0.0741. The second kappa shape index (κ2) is 7.84. The molecule has 4 heterocycles. The Morgan fingerprint density at radius 3 is 2.47 bits per heavy atom. The first-order valence-electron chi connectivity index (χ1n) is 10.8. The molecule has 10 heteroatoms. The van der Waals surface area contributed by atoms with Crippen molar-refractivity contribution in [1.82, 2.24) is 24.6 Å². The number of amides is 1. The first-order valence-corrected chi connectivity index (χ1v) is 12.7. The maximum absolute atomic E-state index is 13.0. The topological polar surface area (TPSA) is 101 Å². The van der Waals surface area contributed by atoms with Gasteiger partial charge in [-0.25, -0.2) is 13.4 Å². The summed E-state index contributed by atoms with van der Waals surface area (Å²) in [7, 11) is -2.98. The molecule has 0 radical (unpaired) electrons. The molecule has 1 unspecified atom stereocenters. The van der Waals surface area contributed by atoms with E-state index in [1.54, 1.807) is 6.20 Å². The summed E-state index contributed by atoms with van der Waals surface area (Å²) in [5, 5.41) is 4.68. The molecule has 0 spiro atoms. The maximum Gasteiger partial charge on any atom is 0.274 e. The number of aromatic nitrogens is 4. The van der Waals surface area contributed by atoms with Crippen LogP contribution in [0, 0.1) is 13.8 Å². The molecule has 5 rings (SSSR count). The first-order chi connectivity index (χ1) is 15.3. The number of fused-ring (bicyclic) bond motifs is 1. The number of carbonyl (C=O) groups is 1. The lowest BCUT2D eigenvalue weighted by Crippen LogP contribution is -2.49. The summed E-state index contributed by atoms with van der Waals surface area (Å²) < 4.78 is 25.7. The molecule has 2 aliphatic rings. The van der Waals surface area contributed by atoms with Crippen LogP contribution >= 0.6 is 0 Å². The van der Waals surface area contributed by atoms with Crippen molar-refractivity contribution in [3.63, 3.8) is 0 Å². The highest BCUT2D eigenvalue weighted by Crippen LogP contribution is 2.31. The minimum Gasteiger partial charge on any atom is -0.365 e. The minimum absolute atomic E-state index is 0.0956. The molecule has 2 aliphatic heterocycles. The Bertz CT molecular complexity index is 1290. The van der Waals surface area contributed by atoms with Crippen molar-refractivity contribution in [2.45, 2.75) is 26.3 Å². The van der Waals surface area contributed by atoms with Crippen LogP contribution in [0.3, 0.4) is 0 Å². The molecule has 0 saturated carbocycles. The van der Waals surface area contributed by atoms with Crippen molar-refractivity contribution in [2.24, 2.45) is 0 Å². The minimum atomic E-state index is -2.98. The zero-order valence-electron chi connectivity index (χ0n) is 18.2. The van der Waals surface area contributed by atoms with Crippen LogP contribution in [-0.4, -0.2) is 76.7 Å².